The number of hydrogen-bond donors (Lipinski definition) is 1. The van der Waals surface area contributed by atoms with Crippen LogP contribution < -0.4 is 0 Å². The van der Waals surface area contributed by atoms with E-state index in [0.717, 1.165) is 19.3 Å². The van der Waals surface area contributed by atoms with Crippen LogP contribution in [0.2, 0.25) is 0 Å². The minimum absolute atomic E-state index is 0.331. The number of unbranched alkanes of at least 4 members (excludes halogenated alkanes) is 8. The Morgan fingerprint density at radius 1 is 0.800 bits per heavy atom. The van der Waals surface area contributed by atoms with Gasteiger partial charge in [0.25, 0.3) is 0 Å². The molecule has 0 radical (unpaired) electrons. The summed E-state index contributed by atoms with van der Waals surface area (Å²) >= 11 is 0. The SMILES string of the molecule is CCC/C=C/C/C=C/CCCCCCCCCC(=O)O. The number of rotatable bonds is 14. The molecule has 0 aromatic heterocycles. The van der Waals surface area contributed by atoms with Gasteiger partial charge in [-0.2, -0.15) is 0 Å². The molecule has 0 amide bonds. The highest BCUT2D eigenvalue weighted by atomic mass is 16.4. The first-order valence-electron chi connectivity index (χ1n) is 8.29. The zero-order valence-corrected chi connectivity index (χ0v) is 13.2. The molecule has 0 spiro atoms. The quantitative estimate of drug-likeness (QED) is 0.318. The zero-order chi connectivity index (χ0) is 14.9. The topological polar surface area (TPSA) is 37.3 Å². The largest absolute Gasteiger partial charge is 0.481 e. The Morgan fingerprint density at radius 3 is 1.95 bits per heavy atom. The van der Waals surface area contributed by atoms with Crippen LogP contribution in [0.4, 0.5) is 0 Å². The fourth-order valence-electron chi connectivity index (χ4n) is 2.10. The van der Waals surface area contributed by atoms with Gasteiger partial charge in [0, 0.05) is 6.42 Å². The zero-order valence-electron chi connectivity index (χ0n) is 13.2. The van der Waals surface area contributed by atoms with Gasteiger partial charge in [-0.1, -0.05) is 69.8 Å². The van der Waals surface area contributed by atoms with Crippen molar-refractivity contribution in [3.63, 3.8) is 0 Å². The van der Waals surface area contributed by atoms with Crippen molar-refractivity contribution in [1.82, 2.24) is 0 Å². The summed E-state index contributed by atoms with van der Waals surface area (Å²) in [5, 5.41) is 8.51. The van der Waals surface area contributed by atoms with Gasteiger partial charge in [-0.05, 0) is 32.1 Å². The van der Waals surface area contributed by atoms with Crippen molar-refractivity contribution >= 4 is 5.97 Å². The second-order valence-corrected chi connectivity index (χ2v) is 5.37. The van der Waals surface area contributed by atoms with Crippen molar-refractivity contribution in [3.8, 4) is 0 Å². The summed E-state index contributed by atoms with van der Waals surface area (Å²) in [5.74, 6) is -0.665. The Bertz CT molecular complexity index is 267. The van der Waals surface area contributed by atoms with Crippen molar-refractivity contribution in [2.45, 2.75) is 84.0 Å². The molecule has 0 saturated carbocycles. The Kier molecular flexibility index (Phi) is 15.2. The highest BCUT2D eigenvalue weighted by Crippen LogP contribution is 2.10. The maximum Gasteiger partial charge on any atom is 0.303 e. The van der Waals surface area contributed by atoms with Crippen LogP contribution in [-0.2, 0) is 4.79 Å². The van der Waals surface area contributed by atoms with Gasteiger partial charge >= 0.3 is 5.97 Å². The minimum Gasteiger partial charge on any atom is -0.481 e. The van der Waals surface area contributed by atoms with Gasteiger partial charge in [0.05, 0.1) is 0 Å². The molecule has 0 heterocycles. The lowest BCUT2D eigenvalue weighted by molar-refractivity contribution is -0.137. The monoisotopic (exact) mass is 280 g/mol. The van der Waals surface area contributed by atoms with Crippen LogP contribution >= 0.6 is 0 Å². The fourth-order valence-corrected chi connectivity index (χ4v) is 2.10. The molecule has 0 rings (SSSR count). The molecular weight excluding hydrogens is 248 g/mol. The predicted molar refractivity (Wildman–Crippen MR) is 87.0 cm³/mol. The van der Waals surface area contributed by atoms with Gasteiger partial charge in [0.1, 0.15) is 0 Å². The second kappa shape index (κ2) is 16.0. The summed E-state index contributed by atoms with van der Waals surface area (Å²) in [5.41, 5.74) is 0. The molecule has 0 atom stereocenters. The number of carbonyl (C=O) groups is 1. The molecule has 0 saturated heterocycles. The Labute approximate surface area is 125 Å². The maximum atomic E-state index is 10.3. The van der Waals surface area contributed by atoms with Gasteiger partial charge in [-0.25, -0.2) is 0 Å². The summed E-state index contributed by atoms with van der Waals surface area (Å²) in [6.07, 6.45) is 22.3. The van der Waals surface area contributed by atoms with E-state index in [1.165, 1.54) is 51.4 Å². The Morgan fingerprint density at radius 2 is 1.35 bits per heavy atom. The molecule has 2 heteroatoms. The van der Waals surface area contributed by atoms with Crippen LogP contribution in [0.15, 0.2) is 24.3 Å². The smallest absolute Gasteiger partial charge is 0.303 e. The molecule has 116 valence electrons. The molecule has 0 fully saturated rings. The molecular formula is C18H32O2. The first-order valence-corrected chi connectivity index (χ1v) is 8.29. The standard InChI is InChI=1S/C18H32O2/c1-2-3-4-5-6-7-8-9-10-11-12-13-14-15-16-17-18(19)20/h4-5,7-8H,2-3,6,9-17H2,1H3,(H,19,20)/b5-4+,8-7+. The first-order chi connectivity index (χ1) is 9.77. The van der Waals surface area contributed by atoms with Crippen LogP contribution in [-0.4, -0.2) is 11.1 Å². The van der Waals surface area contributed by atoms with Gasteiger partial charge in [-0.3, -0.25) is 4.79 Å². The van der Waals surface area contributed by atoms with E-state index in [-0.39, 0.29) is 0 Å². The van der Waals surface area contributed by atoms with Crippen molar-refractivity contribution in [2.24, 2.45) is 0 Å². The molecule has 20 heavy (non-hydrogen) atoms. The minimum atomic E-state index is -0.665. The van der Waals surface area contributed by atoms with Gasteiger partial charge < -0.3 is 5.11 Å². The maximum absolute atomic E-state index is 10.3. The van der Waals surface area contributed by atoms with E-state index in [0.29, 0.717) is 6.42 Å². The lowest BCUT2D eigenvalue weighted by Crippen LogP contribution is -1.93. The fraction of sp³-hybridized carbons (Fsp3) is 0.722. The van der Waals surface area contributed by atoms with Gasteiger partial charge in [0.2, 0.25) is 0 Å². The molecule has 1 N–H and O–H groups in total. The van der Waals surface area contributed by atoms with Crippen LogP contribution in [0, 0.1) is 0 Å². The first kappa shape index (κ1) is 18.9. The van der Waals surface area contributed by atoms with Crippen molar-refractivity contribution in [1.29, 1.82) is 0 Å². The van der Waals surface area contributed by atoms with E-state index in [2.05, 4.69) is 31.2 Å². The lowest BCUT2D eigenvalue weighted by atomic mass is 10.1. The number of allylic oxidation sites excluding steroid dienone is 4. The molecule has 0 aliphatic heterocycles. The number of aliphatic carboxylic acids is 1. The van der Waals surface area contributed by atoms with E-state index in [9.17, 15) is 4.79 Å². The van der Waals surface area contributed by atoms with E-state index >= 15 is 0 Å². The summed E-state index contributed by atoms with van der Waals surface area (Å²) in [6.45, 7) is 2.20. The second-order valence-electron chi connectivity index (χ2n) is 5.37. The predicted octanol–water partition coefficient (Wildman–Crippen LogP) is 5.88. The molecule has 0 aliphatic rings. The van der Waals surface area contributed by atoms with Crippen LogP contribution in [0.3, 0.4) is 0 Å². The van der Waals surface area contributed by atoms with E-state index in [4.69, 9.17) is 5.11 Å². The molecule has 2 nitrogen and oxygen atoms in total. The Balaban J connectivity index is 3.12. The molecule has 0 aromatic carbocycles. The molecule has 0 bridgehead atoms. The normalized spacial score (nSPS) is 11.7. The van der Waals surface area contributed by atoms with E-state index in [1.807, 2.05) is 0 Å². The van der Waals surface area contributed by atoms with Crippen molar-refractivity contribution in [3.05, 3.63) is 24.3 Å². The third-order valence-corrected chi connectivity index (χ3v) is 3.32. The average Bonchev–Trinajstić information content (AvgIpc) is 2.43. The highest BCUT2D eigenvalue weighted by molar-refractivity contribution is 5.66. The van der Waals surface area contributed by atoms with Crippen molar-refractivity contribution in [2.75, 3.05) is 0 Å². The average molecular weight is 280 g/mol. The molecule has 0 aromatic rings. The van der Waals surface area contributed by atoms with E-state index in [1.54, 1.807) is 0 Å². The third-order valence-electron chi connectivity index (χ3n) is 3.32. The summed E-state index contributed by atoms with van der Waals surface area (Å²) in [4.78, 5) is 10.3. The highest BCUT2D eigenvalue weighted by Gasteiger charge is 1.96. The number of carboxylic acid groups (broad SMARTS) is 1. The van der Waals surface area contributed by atoms with Gasteiger partial charge in [0.15, 0.2) is 0 Å². The number of hydrogen-bond acceptors (Lipinski definition) is 1. The lowest BCUT2D eigenvalue weighted by Gasteiger charge is -2.00. The van der Waals surface area contributed by atoms with Crippen LogP contribution in [0.5, 0.6) is 0 Å². The third kappa shape index (κ3) is 16.9. The van der Waals surface area contributed by atoms with Crippen molar-refractivity contribution < 1.29 is 9.90 Å². The summed E-state index contributed by atoms with van der Waals surface area (Å²) in [6, 6.07) is 0. The summed E-state index contributed by atoms with van der Waals surface area (Å²) in [7, 11) is 0. The van der Waals surface area contributed by atoms with Crippen LogP contribution in [0.25, 0.3) is 0 Å². The summed E-state index contributed by atoms with van der Waals surface area (Å²) < 4.78 is 0. The molecule has 0 aliphatic carbocycles. The Hall–Kier alpha value is -1.05. The van der Waals surface area contributed by atoms with Gasteiger partial charge in [-0.15, -0.1) is 0 Å². The number of carboxylic acids is 1. The van der Waals surface area contributed by atoms with Crippen LogP contribution in [0.1, 0.15) is 84.0 Å². The molecule has 0 unspecified atom stereocenters. The van der Waals surface area contributed by atoms with E-state index < -0.39 is 5.97 Å².